The first-order valence-corrected chi connectivity index (χ1v) is 8.60. The van der Waals surface area contributed by atoms with Gasteiger partial charge < -0.3 is 23.8 Å². The molecule has 0 aliphatic carbocycles. The average molecular weight is 376 g/mol. The lowest BCUT2D eigenvalue weighted by Gasteiger charge is -2.19. The van der Waals surface area contributed by atoms with Crippen LogP contribution in [0.3, 0.4) is 0 Å². The van der Waals surface area contributed by atoms with Crippen LogP contribution in [0.15, 0.2) is 18.3 Å². The van der Waals surface area contributed by atoms with E-state index in [0.717, 1.165) is 12.1 Å². The summed E-state index contributed by atoms with van der Waals surface area (Å²) in [5.41, 5.74) is 1.26. The molecule has 1 fully saturated rings. The van der Waals surface area contributed by atoms with Crippen LogP contribution >= 0.6 is 0 Å². The van der Waals surface area contributed by atoms with E-state index in [9.17, 15) is 4.79 Å². The number of rotatable bonds is 7. The van der Waals surface area contributed by atoms with Crippen molar-refractivity contribution in [2.45, 2.75) is 19.1 Å². The molecule has 27 heavy (non-hydrogen) atoms. The molecule has 0 bridgehead atoms. The monoisotopic (exact) mass is 376 g/mol. The Hall–Kier alpha value is -2.81. The highest BCUT2D eigenvalue weighted by Gasteiger charge is 2.30. The average Bonchev–Trinajstić information content (AvgIpc) is 3.36. The molecule has 1 aliphatic rings. The molecule has 1 saturated heterocycles. The molecular formula is C18H24N4O5. The van der Waals surface area contributed by atoms with Crippen LogP contribution in [0.4, 0.5) is 0 Å². The van der Waals surface area contributed by atoms with Crippen LogP contribution in [0.2, 0.25) is 0 Å². The second-order valence-corrected chi connectivity index (χ2v) is 6.23. The van der Waals surface area contributed by atoms with Crippen LogP contribution in [0.25, 0.3) is 0 Å². The number of aromatic nitrogens is 3. The molecule has 2 heterocycles. The molecule has 1 aromatic heterocycles. The fourth-order valence-corrected chi connectivity index (χ4v) is 3.24. The maximum atomic E-state index is 13.0. The third-order valence-corrected chi connectivity index (χ3v) is 4.59. The molecule has 1 atom stereocenters. The highest BCUT2D eigenvalue weighted by molar-refractivity contribution is 5.95. The Morgan fingerprint density at radius 2 is 1.85 bits per heavy atom. The number of carbonyl (C=O) groups is 1. The van der Waals surface area contributed by atoms with Crippen molar-refractivity contribution in [2.75, 3.05) is 41.5 Å². The lowest BCUT2D eigenvalue weighted by Crippen LogP contribution is -2.29. The van der Waals surface area contributed by atoms with Gasteiger partial charge in [0.2, 0.25) is 5.75 Å². The van der Waals surface area contributed by atoms with Gasteiger partial charge in [0.05, 0.1) is 40.2 Å². The predicted octanol–water partition coefficient (Wildman–Crippen LogP) is 1.54. The SMILES string of the molecule is COCc1cn([C@@H]2CCN(C(=O)c3cc(OC)c(OC)c(OC)c3)C2)nn1. The Kier molecular flexibility index (Phi) is 5.80. The van der Waals surface area contributed by atoms with E-state index in [4.69, 9.17) is 18.9 Å². The van der Waals surface area contributed by atoms with Gasteiger partial charge in [-0.1, -0.05) is 5.21 Å². The van der Waals surface area contributed by atoms with Crippen LogP contribution in [0.1, 0.15) is 28.5 Å². The molecule has 1 aromatic carbocycles. The first-order chi connectivity index (χ1) is 13.1. The number of nitrogens with zero attached hydrogens (tertiary/aromatic N) is 4. The predicted molar refractivity (Wildman–Crippen MR) is 96.4 cm³/mol. The Labute approximate surface area is 157 Å². The highest BCUT2D eigenvalue weighted by Crippen LogP contribution is 2.38. The van der Waals surface area contributed by atoms with E-state index >= 15 is 0 Å². The first kappa shape index (κ1) is 19.0. The molecule has 0 saturated carbocycles. The summed E-state index contributed by atoms with van der Waals surface area (Å²) in [6.07, 6.45) is 2.67. The van der Waals surface area contributed by atoms with Gasteiger partial charge in [-0.15, -0.1) is 5.10 Å². The fourth-order valence-electron chi connectivity index (χ4n) is 3.24. The first-order valence-electron chi connectivity index (χ1n) is 8.60. The Bertz CT molecular complexity index is 782. The van der Waals surface area contributed by atoms with E-state index in [1.54, 1.807) is 28.8 Å². The van der Waals surface area contributed by atoms with Crippen LogP contribution in [0.5, 0.6) is 17.2 Å². The van der Waals surface area contributed by atoms with Gasteiger partial charge in [-0.25, -0.2) is 4.68 Å². The van der Waals surface area contributed by atoms with E-state index in [0.29, 0.717) is 42.5 Å². The molecule has 9 heteroatoms. The molecule has 3 rings (SSSR count). The van der Waals surface area contributed by atoms with Crippen molar-refractivity contribution in [3.8, 4) is 17.2 Å². The van der Waals surface area contributed by atoms with Gasteiger partial charge in [0.1, 0.15) is 5.69 Å². The molecular weight excluding hydrogens is 352 g/mol. The summed E-state index contributed by atoms with van der Waals surface area (Å²) in [5.74, 6) is 1.28. The van der Waals surface area contributed by atoms with Gasteiger partial charge in [0.15, 0.2) is 11.5 Å². The third-order valence-electron chi connectivity index (χ3n) is 4.59. The second kappa shape index (κ2) is 8.26. The molecule has 1 aliphatic heterocycles. The summed E-state index contributed by atoms with van der Waals surface area (Å²) in [5, 5.41) is 8.23. The molecule has 0 spiro atoms. The number of benzene rings is 1. The van der Waals surface area contributed by atoms with Crippen LogP contribution in [0, 0.1) is 0 Å². The number of methoxy groups -OCH3 is 4. The minimum Gasteiger partial charge on any atom is -0.493 e. The number of hydrogen-bond acceptors (Lipinski definition) is 7. The van der Waals surface area contributed by atoms with Gasteiger partial charge in [0, 0.05) is 25.8 Å². The zero-order valence-corrected chi connectivity index (χ0v) is 16.0. The van der Waals surface area contributed by atoms with Crippen molar-refractivity contribution < 1.29 is 23.7 Å². The summed E-state index contributed by atoms with van der Waals surface area (Å²) in [6.45, 7) is 1.62. The van der Waals surface area contributed by atoms with E-state index in [1.807, 2.05) is 6.20 Å². The van der Waals surface area contributed by atoms with Crippen LogP contribution in [-0.2, 0) is 11.3 Å². The van der Waals surface area contributed by atoms with Crippen molar-refractivity contribution in [2.24, 2.45) is 0 Å². The number of likely N-dealkylation sites (tertiary alicyclic amines) is 1. The van der Waals surface area contributed by atoms with Gasteiger partial charge in [-0.05, 0) is 18.6 Å². The van der Waals surface area contributed by atoms with Gasteiger partial charge >= 0.3 is 0 Å². The van der Waals surface area contributed by atoms with Gasteiger partial charge in [0.25, 0.3) is 5.91 Å². The lowest BCUT2D eigenvalue weighted by molar-refractivity contribution is 0.0786. The van der Waals surface area contributed by atoms with E-state index in [2.05, 4.69) is 10.3 Å². The summed E-state index contributed by atoms with van der Waals surface area (Å²) in [7, 11) is 6.20. The third kappa shape index (κ3) is 3.82. The summed E-state index contributed by atoms with van der Waals surface area (Å²) < 4.78 is 22.9. The molecule has 1 amide bonds. The standard InChI is InChI=1S/C18H24N4O5/c1-24-11-13-9-22(20-19-13)14-5-6-21(10-14)18(23)12-7-15(25-2)17(27-4)16(8-12)26-3/h7-9,14H,5-6,10-11H2,1-4H3/t14-/m1/s1. The molecule has 9 nitrogen and oxygen atoms in total. The van der Waals surface area contributed by atoms with Gasteiger partial charge in [-0.2, -0.15) is 0 Å². The zero-order valence-electron chi connectivity index (χ0n) is 16.0. The van der Waals surface area contributed by atoms with Gasteiger partial charge in [-0.3, -0.25) is 4.79 Å². The molecule has 146 valence electrons. The normalized spacial score (nSPS) is 16.4. The Morgan fingerprint density at radius 3 is 2.44 bits per heavy atom. The Balaban J connectivity index is 1.76. The molecule has 0 radical (unpaired) electrons. The lowest BCUT2D eigenvalue weighted by atomic mass is 10.1. The molecule has 2 aromatic rings. The Morgan fingerprint density at radius 1 is 1.15 bits per heavy atom. The minimum absolute atomic E-state index is 0.0889. The number of hydrogen-bond donors (Lipinski definition) is 0. The van der Waals surface area contributed by atoms with E-state index in [1.165, 1.54) is 21.3 Å². The molecule has 0 unspecified atom stereocenters. The number of carbonyl (C=O) groups excluding carboxylic acids is 1. The maximum Gasteiger partial charge on any atom is 0.254 e. The van der Waals surface area contributed by atoms with Crippen LogP contribution < -0.4 is 14.2 Å². The summed E-state index contributed by atoms with van der Waals surface area (Å²) >= 11 is 0. The van der Waals surface area contributed by atoms with Crippen LogP contribution in [-0.4, -0.2) is 67.3 Å². The maximum absolute atomic E-state index is 13.0. The summed E-state index contributed by atoms with van der Waals surface area (Å²) in [6, 6.07) is 3.43. The van der Waals surface area contributed by atoms with Crippen molar-refractivity contribution >= 4 is 5.91 Å². The summed E-state index contributed by atoms with van der Waals surface area (Å²) in [4.78, 5) is 14.8. The quantitative estimate of drug-likeness (QED) is 0.724. The zero-order chi connectivity index (χ0) is 19.4. The van der Waals surface area contributed by atoms with E-state index in [-0.39, 0.29) is 11.9 Å². The minimum atomic E-state index is -0.0889. The second-order valence-electron chi connectivity index (χ2n) is 6.23. The van der Waals surface area contributed by atoms with E-state index < -0.39 is 0 Å². The molecule has 0 N–H and O–H groups in total. The van der Waals surface area contributed by atoms with Crippen molar-refractivity contribution in [3.63, 3.8) is 0 Å². The topological polar surface area (TPSA) is 87.9 Å². The number of amides is 1. The number of ether oxygens (including phenoxy) is 4. The highest BCUT2D eigenvalue weighted by atomic mass is 16.5. The van der Waals surface area contributed by atoms with Crippen molar-refractivity contribution in [1.82, 2.24) is 19.9 Å². The van der Waals surface area contributed by atoms with Crippen molar-refractivity contribution in [3.05, 3.63) is 29.6 Å². The largest absolute Gasteiger partial charge is 0.493 e. The fraction of sp³-hybridized carbons (Fsp3) is 0.500. The van der Waals surface area contributed by atoms with Crippen molar-refractivity contribution in [1.29, 1.82) is 0 Å². The smallest absolute Gasteiger partial charge is 0.254 e.